The first-order chi connectivity index (χ1) is 7.24. The Balaban J connectivity index is 2.18. The molecule has 2 aromatic rings. The van der Waals surface area contributed by atoms with Crippen LogP contribution in [0.1, 0.15) is 5.56 Å². The summed E-state index contributed by atoms with van der Waals surface area (Å²) in [5.74, 6) is 1.49. The van der Waals surface area contributed by atoms with Gasteiger partial charge in [-0.3, -0.25) is 0 Å². The molecule has 2 nitrogen and oxygen atoms in total. The summed E-state index contributed by atoms with van der Waals surface area (Å²) >= 11 is 5.67. The largest absolute Gasteiger partial charge is 0.456 e. The Kier molecular flexibility index (Phi) is 2.88. The van der Waals surface area contributed by atoms with Crippen LogP contribution in [-0.2, 0) is 0 Å². The molecule has 0 radical (unpaired) electrons. The van der Waals surface area contributed by atoms with Crippen molar-refractivity contribution >= 4 is 11.6 Å². The molecule has 1 aromatic heterocycles. The first kappa shape index (κ1) is 9.99. The van der Waals surface area contributed by atoms with Crippen LogP contribution in [0, 0.1) is 6.92 Å². The quantitative estimate of drug-likeness (QED) is 0.716. The van der Waals surface area contributed by atoms with Gasteiger partial charge in [-0.2, -0.15) is 0 Å². The first-order valence-corrected chi connectivity index (χ1v) is 4.98. The molecule has 15 heavy (non-hydrogen) atoms. The van der Waals surface area contributed by atoms with E-state index in [1.165, 1.54) is 0 Å². The van der Waals surface area contributed by atoms with Crippen molar-refractivity contribution in [2.75, 3.05) is 0 Å². The second-order valence-electron chi connectivity index (χ2n) is 3.24. The summed E-state index contributed by atoms with van der Waals surface area (Å²) in [6.07, 6.45) is 1.60. The van der Waals surface area contributed by atoms with Crippen molar-refractivity contribution in [3.8, 4) is 11.5 Å². The number of pyridine rings is 1. The van der Waals surface area contributed by atoms with Crippen molar-refractivity contribution in [3.63, 3.8) is 0 Å². The van der Waals surface area contributed by atoms with Crippen LogP contribution in [-0.4, -0.2) is 4.98 Å². The highest BCUT2D eigenvalue weighted by atomic mass is 35.5. The molecule has 0 atom stereocenters. The van der Waals surface area contributed by atoms with Crippen molar-refractivity contribution in [3.05, 3.63) is 53.3 Å². The topological polar surface area (TPSA) is 22.1 Å². The molecule has 0 spiro atoms. The molecule has 0 N–H and O–H groups in total. The highest BCUT2D eigenvalue weighted by Crippen LogP contribution is 2.21. The van der Waals surface area contributed by atoms with Crippen LogP contribution in [0.4, 0.5) is 0 Å². The fraction of sp³-hybridized carbons (Fsp3) is 0.0833. The number of hydrogen-bond donors (Lipinski definition) is 0. The van der Waals surface area contributed by atoms with Gasteiger partial charge in [-0.25, -0.2) is 4.98 Å². The minimum Gasteiger partial charge on any atom is -0.456 e. The summed E-state index contributed by atoms with van der Waals surface area (Å²) in [6, 6.07) is 11.3. The smallest absolute Gasteiger partial charge is 0.145 e. The standard InChI is InChI=1S/C12H10ClNO/c1-9-3-2-4-10(7-9)15-11-5-6-12(13)14-8-11/h2-8H,1H3. The van der Waals surface area contributed by atoms with Crippen LogP contribution < -0.4 is 4.74 Å². The zero-order valence-electron chi connectivity index (χ0n) is 8.27. The molecule has 0 bridgehead atoms. The van der Waals surface area contributed by atoms with Gasteiger partial charge in [0.2, 0.25) is 0 Å². The molecular formula is C12H10ClNO. The Hall–Kier alpha value is -1.54. The highest BCUT2D eigenvalue weighted by Gasteiger charge is 1.97. The van der Waals surface area contributed by atoms with E-state index in [-0.39, 0.29) is 0 Å². The van der Waals surface area contributed by atoms with Crippen molar-refractivity contribution < 1.29 is 4.74 Å². The van der Waals surface area contributed by atoms with Crippen molar-refractivity contribution in [2.24, 2.45) is 0 Å². The lowest BCUT2D eigenvalue weighted by atomic mass is 10.2. The van der Waals surface area contributed by atoms with Crippen LogP contribution in [0.5, 0.6) is 11.5 Å². The Morgan fingerprint density at radius 3 is 2.67 bits per heavy atom. The predicted octanol–water partition coefficient (Wildman–Crippen LogP) is 3.84. The molecular weight excluding hydrogens is 210 g/mol. The molecule has 0 saturated carbocycles. The van der Waals surface area contributed by atoms with Gasteiger partial charge in [0.05, 0.1) is 6.20 Å². The third-order valence-corrected chi connectivity index (χ3v) is 2.15. The van der Waals surface area contributed by atoms with Gasteiger partial charge in [0, 0.05) is 0 Å². The molecule has 0 aliphatic rings. The maximum atomic E-state index is 5.67. The van der Waals surface area contributed by atoms with Gasteiger partial charge < -0.3 is 4.74 Å². The van der Waals surface area contributed by atoms with Gasteiger partial charge in [0.25, 0.3) is 0 Å². The van der Waals surface area contributed by atoms with E-state index in [2.05, 4.69) is 4.98 Å². The number of halogens is 1. The summed E-state index contributed by atoms with van der Waals surface area (Å²) in [7, 11) is 0. The Bertz CT molecular complexity index is 453. The number of nitrogens with zero attached hydrogens (tertiary/aromatic N) is 1. The van der Waals surface area contributed by atoms with Crippen LogP contribution >= 0.6 is 11.6 Å². The van der Waals surface area contributed by atoms with Crippen LogP contribution in [0.25, 0.3) is 0 Å². The lowest BCUT2D eigenvalue weighted by Crippen LogP contribution is -1.85. The maximum absolute atomic E-state index is 5.67. The fourth-order valence-corrected chi connectivity index (χ4v) is 1.35. The summed E-state index contributed by atoms with van der Waals surface area (Å²) in [6.45, 7) is 2.02. The van der Waals surface area contributed by atoms with Crippen molar-refractivity contribution in [1.29, 1.82) is 0 Å². The molecule has 0 unspecified atom stereocenters. The van der Waals surface area contributed by atoms with Crippen LogP contribution in [0.15, 0.2) is 42.6 Å². The van der Waals surface area contributed by atoms with E-state index in [0.717, 1.165) is 11.3 Å². The van der Waals surface area contributed by atoms with E-state index >= 15 is 0 Å². The van der Waals surface area contributed by atoms with E-state index in [4.69, 9.17) is 16.3 Å². The molecule has 0 saturated heterocycles. The number of rotatable bonds is 2. The minimum atomic E-state index is 0.464. The zero-order valence-corrected chi connectivity index (χ0v) is 9.03. The second-order valence-corrected chi connectivity index (χ2v) is 3.62. The number of ether oxygens (including phenoxy) is 1. The molecule has 76 valence electrons. The monoisotopic (exact) mass is 219 g/mol. The predicted molar refractivity (Wildman–Crippen MR) is 60.5 cm³/mol. The van der Waals surface area contributed by atoms with Gasteiger partial charge in [-0.05, 0) is 36.8 Å². The zero-order chi connectivity index (χ0) is 10.7. The van der Waals surface area contributed by atoms with E-state index in [1.807, 2.05) is 31.2 Å². The molecule has 1 heterocycles. The van der Waals surface area contributed by atoms with Gasteiger partial charge in [0.15, 0.2) is 0 Å². The lowest BCUT2D eigenvalue weighted by molar-refractivity contribution is 0.480. The second kappa shape index (κ2) is 4.32. The first-order valence-electron chi connectivity index (χ1n) is 4.60. The van der Waals surface area contributed by atoms with E-state index < -0.39 is 0 Å². The molecule has 0 aliphatic carbocycles. The summed E-state index contributed by atoms with van der Waals surface area (Å²) < 4.78 is 5.59. The van der Waals surface area contributed by atoms with E-state index in [0.29, 0.717) is 10.9 Å². The molecule has 0 fully saturated rings. The van der Waals surface area contributed by atoms with Crippen molar-refractivity contribution in [1.82, 2.24) is 4.98 Å². The third kappa shape index (κ3) is 2.70. The lowest BCUT2D eigenvalue weighted by Gasteiger charge is -2.05. The van der Waals surface area contributed by atoms with E-state index in [1.54, 1.807) is 18.3 Å². The fourth-order valence-electron chi connectivity index (χ4n) is 1.24. The average Bonchev–Trinajstić information content (AvgIpc) is 2.22. The van der Waals surface area contributed by atoms with E-state index in [9.17, 15) is 0 Å². The Morgan fingerprint density at radius 2 is 2.00 bits per heavy atom. The Morgan fingerprint density at radius 1 is 1.13 bits per heavy atom. The molecule has 2 rings (SSSR count). The SMILES string of the molecule is Cc1cccc(Oc2ccc(Cl)nc2)c1. The molecule has 1 aromatic carbocycles. The average molecular weight is 220 g/mol. The normalized spacial score (nSPS) is 10.0. The third-order valence-electron chi connectivity index (χ3n) is 1.93. The van der Waals surface area contributed by atoms with Gasteiger partial charge in [-0.1, -0.05) is 23.7 Å². The summed E-state index contributed by atoms with van der Waals surface area (Å²) in [5, 5.41) is 0.464. The number of benzene rings is 1. The highest BCUT2D eigenvalue weighted by molar-refractivity contribution is 6.29. The number of hydrogen-bond acceptors (Lipinski definition) is 2. The van der Waals surface area contributed by atoms with Gasteiger partial charge >= 0.3 is 0 Å². The van der Waals surface area contributed by atoms with Gasteiger partial charge in [0.1, 0.15) is 16.7 Å². The summed E-state index contributed by atoms with van der Waals surface area (Å²) in [5.41, 5.74) is 1.16. The van der Waals surface area contributed by atoms with Gasteiger partial charge in [-0.15, -0.1) is 0 Å². The number of aryl methyl sites for hydroxylation is 1. The summed E-state index contributed by atoms with van der Waals surface area (Å²) in [4.78, 5) is 3.94. The maximum Gasteiger partial charge on any atom is 0.145 e. The Labute approximate surface area is 93.5 Å². The van der Waals surface area contributed by atoms with Crippen LogP contribution in [0.2, 0.25) is 5.15 Å². The minimum absolute atomic E-state index is 0.464. The van der Waals surface area contributed by atoms with Crippen molar-refractivity contribution in [2.45, 2.75) is 6.92 Å². The molecule has 0 amide bonds. The van der Waals surface area contributed by atoms with Crippen LogP contribution in [0.3, 0.4) is 0 Å². The molecule has 0 aliphatic heterocycles. The number of aromatic nitrogens is 1. The molecule has 3 heteroatoms.